The number of fused-ring (bicyclic) bond motifs is 1. The second-order valence-electron chi connectivity index (χ2n) is 6.49. The minimum absolute atomic E-state index is 0.500. The van der Waals surface area contributed by atoms with Crippen LogP contribution in [0.5, 0.6) is 0 Å². The second-order valence-corrected chi connectivity index (χ2v) is 6.49. The van der Waals surface area contributed by atoms with Crippen LogP contribution in [0.25, 0.3) is 10.8 Å². The molecule has 0 aliphatic heterocycles. The van der Waals surface area contributed by atoms with Gasteiger partial charge >= 0.3 is 0 Å². The first-order valence-corrected chi connectivity index (χ1v) is 8.49. The van der Waals surface area contributed by atoms with E-state index < -0.39 is 0 Å². The normalized spacial score (nSPS) is 24.1. The van der Waals surface area contributed by atoms with Gasteiger partial charge in [0.2, 0.25) is 0 Å². The molecule has 0 heterocycles. The molecule has 3 atom stereocenters. The Morgan fingerprint density at radius 2 is 1.81 bits per heavy atom. The van der Waals surface area contributed by atoms with Gasteiger partial charge in [-0.05, 0) is 47.7 Å². The van der Waals surface area contributed by atoms with Crippen LogP contribution < -0.4 is 5.32 Å². The maximum atomic E-state index is 3.62. The molecule has 0 aromatic heterocycles. The Bertz CT molecular complexity index is 589. The summed E-state index contributed by atoms with van der Waals surface area (Å²) in [5.74, 6) is 1.66. The Balaban J connectivity index is 1.93. The zero-order valence-corrected chi connectivity index (χ0v) is 13.3. The van der Waals surface area contributed by atoms with Crippen LogP contribution in [0.2, 0.25) is 0 Å². The fourth-order valence-corrected chi connectivity index (χ4v) is 4.21. The Kier molecular flexibility index (Phi) is 4.60. The molecule has 2 aromatic rings. The Labute approximate surface area is 128 Å². The van der Waals surface area contributed by atoms with E-state index in [-0.39, 0.29) is 0 Å². The van der Waals surface area contributed by atoms with E-state index in [1.165, 1.54) is 48.4 Å². The molecule has 1 aliphatic carbocycles. The van der Waals surface area contributed by atoms with Gasteiger partial charge in [-0.2, -0.15) is 0 Å². The molecule has 1 aliphatic rings. The molecule has 0 radical (unpaired) electrons. The van der Waals surface area contributed by atoms with Crippen molar-refractivity contribution in [1.29, 1.82) is 0 Å². The van der Waals surface area contributed by atoms with Crippen molar-refractivity contribution >= 4 is 10.8 Å². The lowest BCUT2D eigenvalue weighted by Crippen LogP contribution is -2.32. The smallest absolute Gasteiger partial charge is 0.0349 e. The highest BCUT2D eigenvalue weighted by Gasteiger charge is 2.30. The van der Waals surface area contributed by atoms with Gasteiger partial charge in [-0.15, -0.1) is 0 Å². The van der Waals surface area contributed by atoms with Gasteiger partial charge in [-0.25, -0.2) is 0 Å². The van der Waals surface area contributed by atoms with Crippen molar-refractivity contribution in [3.63, 3.8) is 0 Å². The van der Waals surface area contributed by atoms with E-state index in [4.69, 9.17) is 0 Å². The maximum Gasteiger partial charge on any atom is 0.0349 e. The number of nitrogens with one attached hydrogen (secondary N) is 1. The number of benzene rings is 2. The number of hydrogen-bond acceptors (Lipinski definition) is 1. The highest BCUT2D eigenvalue weighted by Crippen LogP contribution is 2.40. The molecule has 21 heavy (non-hydrogen) atoms. The quantitative estimate of drug-likeness (QED) is 0.800. The van der Waals surface area contributed by atoms with Gasteiger partial charge in [-0.1, -0.05) is 69.0 Å². The average Bonchev–Trinajstić information content (AvgIpc) is 2.56. The molecular formula is C20H27N. The minimum Gasteiger partial charge on any atom is -0.313 e. The van der Waals surface area contributed by atoms with Gasteiger partial charge in [0.25, 0.3) is 0 Å². The van der Waals surface area contributed by atoms with Gasteiger partial charge in [0.05, 0.1) is 0 Å². The summed E-state index contributed by atoms with van der Waals surface area (Å²) in [5.41, 5.74) is 1.46. The summed E-state index contributed by atoms with van der Waals surface area (Å²) in [6.07, 6.45) is 6.91. The monoisotopic (exact) mass is 281 g/mol. The molecule has 0 saturated heterocycles. The van der Waals surface area contributed by atoms with Crippen LogP contribution in [0.4, 0.5) is 0 Å². The number of hydrogen-bond donors (Lipinski definition) is 1. The van der Waals surface area contributed by atoms with Crippen LogP contribution in [0.1, 0.15) is 50.6 Å². The molecule has 112 valence electrons. The maximum absolute atomic E-state index is 3.62. The summed E-state index contributed by atoms with van der Waals surface area (Å²) in [7, 11) is 2.13. The van der Waals surface area contributed by atoms with Gasteiger partial charge < -0.3 is 5.32 Å². The van der Waals surface area contributed by atoms with Crippen LogP contribution in [0.15, 0.2) is 42.5 Å². The van der Waals surface area contributed by atoms with Crippen molar-refractivity contribution in [2.24, 2.45) is 11.8 Å². The zero-order valence-electron chi connectivity index (χ0n) is 13.3. The van der Waals surface area contributed by atoms with Gasteiger partial charge in [0.1, 0.15) is 0 Å². The minimum atomic E-state index is 0.500. The third-order valence-electron chi connectivity index (χ3n) is 5.36. The summed E-state index contributed by atoms with van der Waals surface area (Å²) in [5, 5.41) is 6.32. The second kappa shape index (κ2) is 6.62. The van der Waals surface area contributed by atoms with Crippen molar-refractivity contribution in [1.82, 2.24) is 5.32 Å². The van der Waals surface area contributed by atoms with Crippen LogP contribution in [0.3, 0.4) is 0 Å². The first kappa shape index (κ1) is 14.6. The SMILES string of the molecule is CCC1CCCCC1C(NC)c1ccc2ccccc2c1. The summed E-state index contributed by atoms with van der Waals surface area (Å²) in [4.78, 5) is 0. The largest absolute Gasteiger partial charge is 0.313 e. The molecule has 0 amide bonds. The van der Waals surface area contributed by atoms with Crippen molar-refractivity contribution in [2.45, 2.75) is 45.1 Å². The number of rotatable bonds is 4. The topological polar surface area (TPSA) is 12.0 Å². The van der Waals surface area contributed by atoms with Crippen molar-refractivity contribution in [3.8, 4) is 0 Å². The highest BCUT2D eigenvalue weighted by molar-refractivity contribution is 5.83. The van der Waals surface area contributed by atoms with E-state index in [1.54, 1.807) is 0 Å². The van der Waals surface area contributed by atoms with E-state index >= 15 is 0 Å². The molecule has 1 saturated carbocycles. The summed E-state index contributed by atoms with van der Waals surface area (Å²) < 4.78 is 0. The lowest BCUT2D eigenvalue weighted by Gasteiger charge is -2.37. The first-order valence-electron chi connectivity index (χ1n) is 8.49. The Morgan fingerprint density at radius 3 is 2.57 bits per heavy atom. The Morgan fingerprint density at radius 1 is 1.05 bits per heavy atom. The lowest BCUT2D eigenvalue weighted by molar-refractivity contribution is 0.180. The summed E-state index contributed by atoms with van der Waals surface area (Å²) in [6.45, 7) is 2.36. The predicted octanol–water partition coefficient (Wildman–Crippen LogP) is 5.32. The van der Waals surface area contributed by atoms with E-state index in [9.17, 15) is 0 Å². The van der Waals surface area contributed by atoms with Gasteiger partial charge in [0, 0.05) is 6.04 Å². The zero-order chi connectivity index (χ0) is 14.7. The van der Waals surface area contributed by atoms with Crippen LogP contribution in [0, 0.1) is 11.8 Å². The molecule has 2 aromatic carbocycles. The van der Waals surface area contributed by atoms with Gasteiger partial charge in [-0.3, -0.25) is 0 Å². The predicted molar refractivity (Wildman–Crippen MR) is 91.5 cm³/mol. The molecular weight excluding hydrogens is 254 g/mol. The molecule has 3 unspecified atom stereocenters. The van der Waals surface area contributed by atoms with E-state index in [0.717, 1.165) is 11.8 Å². The third-order valence-corrected chi connectivity index (χ3v) is 5.36. The van der Waals surface area contributed by atoms with Crippen molar-refractivity contribution in [3.05, 3.63) is 48.0 Å². The summed E-state index contributed by atoms with van der Waals surface area (Å²) >= 11 is 0. The van der Waals surface area contributed by atoms with Gasteiger partial charge in [0.15, 0.2) is 0 Å². The highest BCUT2D eigenvalue weighted by atomic mass is 14.9. The molecule has 3 rings (SSSR count). The molecule has 1 N–H and O–H groups in total. The Hall–Kier alpha value is -1.34. The van der Waals surface area contributed by atoms with Crippen LogP contribution in [-0.2, 0) is 0 Å². The molecule has 1 fully saturated rings. The van der Waals surface area contributed by atoms with E-state index in [1.807, 2.05) is 0 Å². The molecule has 1 nitrogen and oxygen atoms in total. The third kappa shape index (κ3) is 2.98. The fraction of sp³-hybridized carbons (Fsp3) is 0.500. The van der Waals surface area contributed by atoms with E-state index in [0.29, 0.717) is 6.04 Å². The standard InChI is InChI=1S/C20H27N/c1-3-15-8-6-7-11-19(15)20(21-2)18-13-12-16-9-4-5-10-17(16)14-18/h4-5,9-10,12-15,19-21H,3,6-8,11H2,1-2H3. The summed E-state index contributed by atoms with van der Waals surface area (Å²) in [6, 6.07) is 16.2. The van der Waals surface area contributed by atoms with E-state index in [2.05, 4.69) is 61.8 Å². The average molecular weight is 281 g/mol. The van der Waals surface area contributed by atoms with Crippen LogP contribution >= 0.6 is 0 Å². The fourth-order valence-electron chi connectivity index (χ4n) is 4.21. The van der Waals surface area contributed by atoms with Crippen LogP contribution in [-0.4, -0.2) is 7.05 Å². The van der Waals surface area contributed by atoms with Crippen molar-refractivity contribution in [2.75, 3.05) is 7.05 Å². The lowest BCUT2D eigenvalue weighted by atomic mass is 9.72. The molecule has 0 bridgehead atoms. The first-order chi connectivity index (χ1) is 10.3. The molecule has 1 heteroatoms. The van der Waals surface area contributed by atoms with Crippen molar-refractivity contribution < 1.29 is 0 Å². The molecule has 0 spiro atoms.